The number of aromatic nitrogens is 2. The molecule has 0 saturated carbocycles. The van der Waals surface area contributed by atoms with E-state index in [1.807, 2.05) is 0 Å². The number of fused-ring (bicyclic) bond motifs is 1. The standard InChI is InChI=1S/C12H16N4OS/c1-7-5-9-10(14-12(13)15-11(9)18-7)16-4-3-8(6-16)17-2/h5,8H,3-4,6H2,1-2H3,(H2,13,14,15). The van der Waals surface area contributed by atoms with E-state index >= 15 is 0 Å². The van der Waals surface area contributed by atoms with E-state index in [9.17, 15) is 0 Å². The third kappa shape index (κ3) is 1.91. The average Bonchev–Trinajstić information content (AvgIpc) is 2.93. The Balaban J connectivity index is 2.05. The zero-order valence-corrected chi connectivity index (χ0v) is 11.3. The molecule has 3 rings (SSSR count). The summed E-state index contributed by atoms with van der Waals surface area (Å²) >= 11 is 1.66. The maximum Gasteiger partial charge on any atom is 0.223 e. The fourth-order valence-corrected chi connectivity index (χ4v) is 3.28. The minimum absolute atomic E-state index is 0.288. The van der Waals surface area contributed by atoms with Gasteiger partial charge in [-0.2, -0.15) is 4.98 Å². The van der Waals surface area contributed by atoms with Crippen LogP contribution >= 0.6 is 11.3 Å². The number of hydrogen-bond acceptors (Lipinski definition) is 6. The van der Waals surface area contributed by atoms with Gasteiger partial charge in [0.2, 0.25) is 5.95 Å². The average molecular weight is 264 g/mol. The highest BCUT2D eigenvalue weighted by Gasteiger charge is 2.25. The van der Waals surface area contributed by atoms with Gasteiger partial charge in [0.25, 0.3) is 0 Å². The Labute approximate surface area is 110 Å². The molecule has 1 aliphatic heterocycles. The molecule has 0 amide bonds. The number of aryl methyl sites for hydroxylation is 1. The van der Waals surface area contributed by atoms with Gasteiger partial charge in [0, 0.05) is 25.1 Å². The van der Waals surface area contributed by atoms with Crippen molar-refractivity contribution in [2.45, 2.75) is 19.4 Å². The summed E-state index contributed by atoms with van der Waals surface area (Å²) in [7, 11) is 1.76. The van der Waals surface area contributed by atoms with Gasteiger partial charge in [-0.15, -0.1) is 11.3 Å². The number of methoxy groups -OCH3 is 1. The van der Waals surface area contributed by atoms with E-state index in [1.165, 1.54) is 4.88 Å². The third-order valence-corrected chi connectivity index (χ3v) is 4.24. The molecule has 3 heterocycles. The fourth-order valence-electron chi connectivity index (χ4n) is 2.40. The molecule has 1 unspecified atom stereocenters. The molecular weight excluding hydrogens is 248 g/mol. The first-order chi connectivity index (χ1) is 8.67. The Morgan fingerprint density at radius 3 is 3.06 bits per heavy atom. The molecule has 18 heavy (non-hydrogen) atoms. The van der Waals surface area contributed by atoms with E-state index in [0.717, 1.165) is 35.5 Å². The van der Waals surface area contributed by atoms with E-state index < -0.39 is 0 Å². The topological polar surface area (TPSA) is 64.3 Å². The molecule has 2 aromatic rings. The van der Waals surface area contributed by atoms with Gasteiger partial charge in [0.05, 0.1) is 11.5 Å². The van der Waals surface area contributed by atoms with Crippen molar-refractivity contribution in [2.24, 2.45) is 0 Å². The molecule has 0 aliphatic carbocycles. The number of thiophene rings is 1. The molecule has 0 radical (unpaired) electrons. The molecule has 0 aromatic carbocycles. The van der Waals surface area contributed by atoms with Gasteiger partial charge in [0.1, 0.15) is 10.6 Å². The number of nitrogen functional groups attached to an aromatic ring is 1. The molecule has 96 valence electrons. The highest BCUT2D eigenvalue weighted by molar-refractivity contribution is 7.18. The summed E-state index contributed by atoms with van der Waals surface area (Å²) in [6, 6.07) is 2.13. The van der Waals surface area contributed by atoms with Gasteiger partial charge in [0.15, 0.2) is 0 Å². The van der Waals surface area contributed by atoms with Crippen LogP contribution in [-0.2, 0) is 4.74 Å². The molecule has 6 heteroatoms. The normalized spacial score (nSPS) is 19.9. The minimum Gasteiger partial charge on any atom is -0.380 e. The molecule has 2 aromatic heterocycles. The first-order valence-electron chi connectivity index (χ1n) is 5.99. The van der Waals surface area contributed by atoms with Crippen LogP contribution in [0.4, 0.5) is 11.8 Å². The van der Waals surface area contributed by atoms with E-state index in [0.29, 0.717) is 5.95 Å². The van der Waals surface area contributed by atoms with Crippen molar-refractivity contribution in [2.75, 3.05) is 30.8 Å². The first-order valence-corrected chi connectivity index (χ1v) is 6.80. The number of rotatable bonds is 2. The van der Waals surface area contributed by atoms with Crippen molar-refractivity contribution in [3.8, 4) is 0 Å². The van der Waals surface area contributed by atoms with E-state index in [1.54, 1.807) is 18.4 Å². The zero-order valence-electron chi connectivity index (χ0n) is 10.5. The molecule has 1 aliphatic rings. The molecule has 2 N–H and O–H groups in total. The smallest absolute Gasteiger partial charge is 0.223 e. The Hall–Kier alpha value is -1.40. The number of nitrogens with two attached hydrogens (primary N) is 1. The molecule has 1 fully saturated rings. The van der Waals surface area contributed by atoms with Crippen LogP contribution in [0.1, 0.15) is 11.3 Å². The summed E-state index contributed by atoms with van der Waals surface area (Å²) in [4.78, 5) is 13.1. The van der Waals surface area contributed by atoms with E-state index in [-0.39, 0.29) is 6.10 Å². The summed E-state index contributed by atoms with van der Waals surface area (Å²) < 4.78 is 5.40. The predicted octanol–water partition coefficient (Wildman–Crippen LogP) is 1.81. The van der Waals surface area contributed by atoms with Crippen LogP contribution in [0.3, 0.4) is 0 Å². The molecule has 0 bridgehead atoms. The maximum atomic E-state index is 5.80. The molecule has 5 nitrogen and oxygen atoms in total. The summed E-state index contributed by atoms with van der Waals surface area (Å²) in [6.45, 7) is 3.91. The lowest BCUT2D eigenvalue weighted by atomic mass is 10.3. The molecule has 0 spiro atoms. The van der Waals surface area contributed by atoms with Crippen molar-refractivity contribution in [1.29, 1.82) is 0 Å². The number of ether oxygens (including phenoxy) is 1. The highest BCUT2D eigenvalue weighted by Crippen LogP contribution is 2.32. The van der Waals surface area contributed by atoms with Crippen molar-refractivity contribution < 1.29 is 4.74 Å². The second-order valence-corrected chi connectivity index (χ2v) is 5.81. The molecule has 1 saturated heterocycles. The Morgan fingerprint density at radius 2 is 2.33 bits per heavy atom. The summed E-state index contributed by atoms with van der Waals surface area (Å²) in [6.07, 6.45) is 1.32. The number of anilines is 2. The lowest BCUT2D eigenvalue weighted by molar-refractivity contribution is 0.121. The second kappa shape index (κ2) is 4.37. The van der Waals surface area contributed by atoms with Crippen LogP contribution in [0.5, 0.6) is 0 Å². The first kappa shape index (κ1) is 11.7. The van der Waals surface area contributed by atoms with Crippen LogP contribution in [0, 0.1) is 6.92 Å². The molecular formula is C12H16N4OS. The summed E-state index contributed by atoms with van der Waals surface area (Å²) in [5.41, 5.74) is 5.80. The maximum absolute atomic E-state index is 5.80. The van der Waals surface area contributed by atoms with Crippen LogP contribution in [0.25, 0.3) is 10.2 Å². The van der Waals surface area contributed by atoms with Gasteiger partial charge in [-0.1, -0.05) is 0 Å². The van der Waals surface area contributed by atoms with Crippen molar-refractivity contribution in [3.05, 3.63) is 10.9 Å². The highest BCUT2D eigenvalue weighted by atomic mass is 32.1. The largest absolute Gasteiger partial charge is 0.380 e. The quantitative estimate of drug-likeness (QED) is 0.896. The molecule has 1 atom stereocenters. The Bertz CT molecular complexity index is 583. The van der Waals surface area contributed by atoms with Gasteiger partial charge in [-0.3, -0.25) is 0 Å². The van der Waals surface area contributed by atoms with Gasteiger partial charge in [-0.05, 0) is 19.4 Å². The van der Waals surface area contributed by atoms with E-state index in [2.05, 4.69) is 27.9 Å². The van der Waals surface area contributed by atoms with Crippen molar-refractivity contribution in [3.63, 3.8) is 0 Å². The third-order valence-electron chi connectivity index (χ3n) is 3.29. The fraction of sp³-hybridized carbons (Fsp3) is 0.500. The zero-order chi connectivity index (χ0) is 12.7. The van der Waals surface area contributed by atoms with Gasteiger partial charge >= 0.3 is 0 Å². The summed E-state index contributed by atoms with van der Waals surface area (Å²) in [5.74, 6) is 1.29. The number of hydrogen-bond donors (Lipinski definition) is 1. The van der Waals surface area contributed by atoms with Crippen LogP contribution in [0.15, 0.2) is 6.07 Å². The summed E-state index contributed by atoms with van der Waals surface area (Å²) in [5, 5.41) is 1.10. The monoisotopic (exact) mass is 264 g/mol. The number of nitrogens with zero attached hydrogens (tertiary/aromatic N) is 3. The van der Waals surface area contributed by atoms with Crippen LogP contribution < -0.4 is 10.6 Å². The predicted molar refractivity (Wildman–Crippen MR) is 74.2 cm³/mol. The van der Waals surface area contributed by atoms with Gasteiger partial charge in [-0.25, -0.2) is 4.98 Å². The van der Waals surface area contributed by atoms with Crippen LogP contribution in [-0.4, -0.2) is 36.3 Å². The lowest BCUT2D eigenvalue weighted by Gasteiger charge is -2.18. The SMILES string of the molecule is COC1CCN(c2nc(N)nc3sc(C)cc23)C1. The lowest BCUT2D eigenvalue weighted by Crippen LogP contribution is -2.23. The van der Waals surface area contributed by atoms with Crippen molar-refractivity contribution in [1.82, 2.24) is 9.97 Å². The van der Waals surface area contributed by atoms with Crippen LogP contribution in [0.2, 0.25) is 0 Å². The Morgan fingerprint density at radius 1 is 1.50 bits per heavy atom. The second-order valence-electron chi connectivity index (χ2n) is 4.57. The van der Waals surface area contributed by atoms with Crippen molar-refractivity contribution >= 4 is 33.3 Å². The van der Waals surface area contributed by atoms with Gasteiger partial charge < -0.3 is 15.4 Å². The minimum atomic E-state index is 0.288. The Kier molecular flexibility index (Phi) is 2.83. The van der Waals surface area contributed by atoms with E-state index in [4.69, 9.17) is 10.5 Å².